The smallest absolute Gasteiger partial charge is 0.269 e. The molecule has 0 saturated carbocycles. The van der Waals surface area contributed by atoms with Gasteiger partial charge in [-0.15, -0.1) is 10.2 Å². The first-order valence-corrected chi connectivity index (χ1v) is 10.4. The zero-order valence-corrected chi connectivity index (χ0v) is 16.2. The second kappa shape index (κ2) is 8.26. The fraction of sp³-hybridized carbons (Fsp3) is 0.200. The summed E-state index contributed by atoms with van der Waals surface area (Å²) in [5, 5.41) is 18.7. The molecule has 0 aliphatic rings. The highest BCUT2D eigenvalue weighted by Crippen LogP contribution is 2.20. The molecule has 1 atom stereocenters. The number of thioether (sulfide) groups is 1. The maximum absolute atomic E-state index is 12.8. The quantitative estimate of drug-likeness (QED) is 0.504. The van der Waals surface area contributed by atoms with Crippen LogP contribution in [0.2, 0.25) is 0 Å². The topological polar surface area (TPSA) is 88.0 Å². The van der Waals surface area contributed by atoms with Crippen LogP contribution in [0.3, 0.4) is 0 Å². The zero-order chi connectivity index (χ0) is 19.3. The van der Waals surface area contributed by atoms with E-state index in [9.17, 15) is 4.79 Å². The molecule has 2 N–H and O–H groups in total. The molecule has 3 heterocycles. The number of aromatic amines is 1. The SMILES string of the molecule is CSCC[C@H](NC(=O)c1cc(-c2ccccc2)n[nH]1)c1nnc2ccccn12. The van der Waals surface area contributed by atoms with Gasteiger partial charge >= 0.3 is 0 Å². The summed E-state index contributed by atoms with van der Waals surface area (Å²) in [6, 6.07) is 17.0. The lowest BCUT2D eigenvalue weighted by atomic mass is 10.1. The summed E-state index contributed by atoms with van der Waals surface area (Å²) in [7, 11) is 0. The van der Waals surface area contributed by atoms with E-state index >= 15 is 0 Å². The van der Waals surface area contributed by atoms with E-state index in [2.05, 4.69) is 25.7 Å². The summed E-state index contributed by atoms with van der Waals surface area (Å²) in [5.41, 5.74) is 2.87. The molecule has 8 heteroatoms. The van der Waals surface area contributed by atoms with Gasteiger partial charge < -0.3 is 5.32 Å². The molecule has 0 fully saturated rings. The zero-order valence-electron chi connectivity index (χ0n) is 15.4. The van der Waals surface area contributed by atoms with Gasteiger partial charge in [0.15, 0.2) is 11.5 Å². The lowest BCUT2D eigenvalue weighted by Gasteiger charge is -2.16. The van der Waals surface area contributed by atoms with Gasteiger partial charge in [0, 0.05) is 11.8 Å². The number of hydrogen-bond donors (Lipinski definition) is 2. The number of carbonyl (C=O) groups excluding carboxylic acids is 1. The predicted molar refractivity (Wildman–Crippen MR) is 110 cm³/mol. The van der Waals surface area contributed by atoms with Crippen molar-refractivity contribution in [3.05, 3.63) is 72.3 Å². The van der Waals surface area contributed by atoms with E-state index in [1.807, 2.05) is 65.4 Å². The van der Waals surface area contributed by atoms with Crippen molar-refractivity contribution >= 4 is 23.3 Å². The number of hydrogen-bond acceptors (Lipinski definition) is 5. The largest absolute Gasteiger partial charge is 0.341 e. The fourth-order valence-corrected chi connectivity index (χ4v) is 3.50. The number of nitrogens with zero attached hydrogens (tertiary/aromatic N) is 4. The third kappa shape index (κ3) is 3.77. The molecule has 3 aromatic heterocycles. The van der Waals surface area contributed by atoms with Gasteiger partial charge in [-0.25, -0.2) is 0 Å². The van der Waals surface area contributed by atoms with Crippen LogP contribution in [0, 0.1) is 0 Å². The number of nitrogens with one attached hydrogen (secondary N) is 2. The number of H-pyrrole nitrogens is 1. The third-order valence-corrected chi connectivity index (χ3v) is 5.10. The van der Waals surface area contributed by atoms with Crippen molar-refractivity contribution in [3.63, 3.8) is 0 Å². The van der Waals surface area contributed by atoms with Crippen LogP contribution in [0.5, 0.6) is 0 Å². The molecule has 0 saturated heterocycles. The number of aromatic nitrogens is 5. The second-order valence-corrected chi connectivity index (χ2v) is 7.31. The third-order valence-electron chi connectivity index (χ3n) is 4.46. The standard InChI is InChI=1S/C20H20N6OS/c1-28-12-10-15(19-25-24-18-9-5-6-11-26(18)19)21-20(27)17-13-16(22-23-17)14-7-3-2-4-8-14/h2-9,11,13,15H,10,12H2,1H3,(H,21,27)(H,22,23)/t15-/m0/s1. The van der Waals surface area contributed by atoms with E-state index in [1.165, 1.54) is 0 Å². The lowest BCUT2D eigenvalue weighted by molar-refractivity contribution is 0.0928. The van der Waals surface area contributed by atoms with Crippen LogP contribution >= 0.6 is 11.8 Å². The Bertz CT molecular complexity index is 1070. The number of rotatable bonds is 7. The second-order valence-electron chi connectivity index (χ2n) is 6.33. The van der Waals surface area contributed by atoms with Gasteiger partial charge in [0.05, 0.1) is 11.7 Å². The number of fused-ring (bicyclic) bond motifs is 1. The number of benzene rings is 1. The van der Waals surface area contributed by atoms with Crippen LogP contribution in [0.1, 0.15) is 28.8 Å². The Morgan fingerprint density at radius 3 is 2.82 bits per heavy atom. The number of amides is 1. The average molecular weight is 392 g/mol. The molecular formula is C20H20N6OS. The van der Waals surface area contributed by atoms with Crippen molar-refractivity contribution in [2.75, 3.05) is 12.0 Å². The van der Waals surface area contributed by atoms with E-state index in [1.54, 1.807) is 17.8 Å². The summed E-state index contributed by atoms with van der Waals surface area (Å²) in [5.74, 6) is 1.40. The Morgan fingerprint density at radius 2 is 2.00 bits per heavy atom. The van der Waals surface area contributed by atoms with Gasteiger partial charge in [-0.1, -0.05) is 36.4 Å². The number of pyridine rings is 1. The van der Waals surface area contributed by atoms with E-state index in [0.29, 0.717) is 5.69 Å². The Hall–Kier alpha value is -3.13. The molecule has 0 bridgehead atoms. The highest BCUT2D eigenvalue weighted by Gasteiger charge is 2.22. The average Bonchev–Trinajstić information content (AvgIpc) is 3.39. The van der Waals surface area contributed by atoms with E-state index in [4.69, 9.17) is 0 Å². The van der Waals surface area contributed by atoms with E-state index in [-0.39, 0.29) is 11.9 Å². The summed E-state index contributed by atoms with van der Waals surface area (Å²) in [4.78, 5) is 12.8. The lowest BCUT2D eigenvalue weighted by Crippen LogP contribution is -2.30. The molecule has 0 spiro atoms. The molecule has 4 aromatic rings. The predicted octanol–water partition coefficient (Wildman–Crippen LogP) is 3.34. The van der Waals surface area contributed by atoms with Crippen LogP contribution in [-0.2, 0) is 0 Å². The van der Waals surface area contributed by atoms with E-state index in [0.717, 1.165) is 34.9 Å². The first-order valence-electron chi connectivity index (χ1n) is 8.96. The molecular weight excluding hydrogens is 372 g/mol. The monoisotopic (exact) mass is 392 g/mol. The number of carbonyl (C=O) groups is 1. The minimum Gasteiger partial charge on any atom is -0.341 e. The fourth-order valence-electron chi connectivity index (χ4n) is 3.03. The van der Waals surface area contributed by atoms with Crippen LogP contribution in [0.15, 0.2) is 60.8 Å². The van der Waals surface area contributed by atoms with Gasteiger partial charge in [0.2, 0.25) is 0 Å². The van der Waals surface area contributed by atoms with Crippen molar-refractivity contribution in [2.45, 2.75) is 12.5 Å². The molecule has 142 valence electrons. The minimum atomic E-state index is -0.249. The maximum atomic E-state index is 12.8. The normalized spacial score (nSPS) is 12.2. The van der Waals surface area contributed by atoms with Gasteiger partial charge in [-0.05, 0) is 36.6 Å². The Labute approximate surface area is 166 Å². The van der Waals surface area contributed by atoms with Crippen molar-refractivity contribution in [3.8, 4) is 11.3 Å². The summed E-state index contributed by atoms with van der Waals surface area (Å²) in [6.45, 7) is 0. The van der Waals surface area contributed by atoms with Crippen molar-refractivity contribution in [1.29, 1.82) is 0 Å². The van der Waals surface area contributed by atoms with Crippen molar-refractivity contribution in [1.82, 2.24) is 30.1 Å². The summed E-state index contributed by atoms with van der Waals surface area (Å²) < 4.78 is 1.91. The van der Waals surface area contributed by atoms with Gasteiger partial charge in [0.25, 0.3) is 5.91 Å². The van der Waals surface area contributed by atoms with Crippen molar-refractivity contribution < 1.29 is 4.79 Å². The van der Waals surface area contributed by atoms with Gasteiger partial charge in [0.1, 0.15) is 5.69 Å². The Morgan fingerprint density at radius 1 is 1.18 bits per heavy atom. The first-order chi connectivity index (χ1) is 13.8. The molecule has 1 amide bonds. The van der Waals surface area contributed by atoms with Crippen LogP contribution in [0.4, 0.5) is 0 Å². The minimum absolute atomic E-state index is 0.214. The van der Waals surface area contributed by atoms with Crippen LogP contribution in [-0.4, -0.2) is 42.7 Å². The molecule has 0 aliphatic carbocycles. The maximum Gasteiger partial charge on any atom is 0.269 e. The molecule has 0 unspecified atom stereocenters. The summed E-state index contributed by atoms with van der Waals surface area (Å²) >= 11 is 1.73. The molecule has 0 aliphatic heterocycles. The molecule has 28 heavy (non-hydrogen) atoms. The highest BCUT2D eigenvalue weighted by molar-refractivity contribution is 7.98. The molecule has 1 aromatic carbocycles. The molecule has 7 nitrogen and oxygen atoms in total. The van der Waals surface area contributed by atoms with Gasteiger partial charge in [-0.2, -0.15) is 16.9 Å². The Balaban J connectivity index is 1.57. The van der Waals surface area contributed by atoms with E-state index < -0.39 is 0 Å². The Kier molecular flexibility index (Phi) is 5.38. The molecule has 0 radical (unpaired) electrons. The molecule has 4 rings (SSSR count). The van der Waals surface area contributed by atoms with Crippen LogP contribution < -0.4 is 5.32 Å². The first kappa shape index (κ1) is 18.2. The van der Waals surface area contributed by atoms with Gasteiger partial charge in [-0.3, -0.25) is 14.3 Å². The van der Waals surface area contributed by atoms with Crippen molar-refractivity contribution in [2.24, 2.45) is 0 Å². The highest BCUT2D eigenvalue weighted by atomic mass is 32.2. The summed E-state index contributed by atoms with van der Waals surface area (Å²) in [6.07, 6.45) is 4.71. The van der Waals surface area contributed by atoms with Crippen LogP contribution in [0.25, 0.3) is 16.9 Å².